The average molecular weight is 449 g/mol. The van der Waals surface area contributed by atoms with Crippen LogP contribution in [0.15, 0.2) is 48.5 Å². The second-order valence-corrected chi connectivity index (χ2v) is 8.87. The zero-order chi connectivity index (χ0) is 23.0. The van der Waals surface area contributed by atoms with Gasteiger partial charge in [-0.15, -0.1) is 0 Å². The van der Waals surface area contributed by atoms with Crippen molar-refractivity contribution in [2.45, 2.75) is 58.7 Å². The molecule has 1 N–H and O–H groups in total. The topological polar surface area (TPSA) is 58.6 Å². The van der Waals surface area contributed by atoms with Gasteiger partial charge in [-0.1, -0.05) is 29.8 Å². The Bertz CT molecular complexity index is 881. The van der Waals surface area contributed by atoms with E-state index in [1.54, 1.807) is 49.4 Å². The lowest BCUT2D eigenvalue weighted by molar-refractivity contribution is -0.141. The van der Waals surface area contributed by atoms with Crippen molar-refractivity contribution >= 4 is 23.4 Å². The Hall–Kier alpha value is -2.60. The van der Waals surface area contributed by atoms with Crippen LogP contribution in [-0.4, -0.2) is 34.9 Å². The summed E-state index contributed by atoms with van der Waals surface area (Å²) < 4.78 is 19.8. The summed E-state index contributed by atoms with van der Waals surface area (Å²) in [4.78, 5) is 27.1. The van der Waals surface area contributed by atoms with Gasteiger partial charge in [0.15, 0.2) is 0 Å². The molecule has 0 saturated heterocycles. The summed E-state index contributed by atoms with van der Waals surface area (Å²) in [6.07, 6.45) is 0.637. The summed E-state index contributed by atoms with van der Waals surface area (Å²) in [6, 6.07) is 12.5. The van der Waals surface area contributed by atoms with Crippen LogP contribution in [0, 0.1) is 5.82 Å². The second-order valence-electron chi connectivity index (χ2n) is 8.43. The SMILES string of the molecule is CC(C(=O)NC(C)(C)C)N(Cc1ccccc1F)C(=O)CCCOc1ccc(Cl)cc1. The van der Waals surface area contributed by atoms with Gasteiger partial charge in [-0.2, -0.15) is 0 Å². The molecule has 0 aromatic heterocycles. The number of amides is 2. The smallest absolute Gasteiger partial charge is 0.242 e. The molecule has 0 heterocycles. The Morgan fingerprint density at radius 1 is 1.13 bits per heavy atom. The molecule has 0 aliphatic carbocycles. The Morgan fingerprint density at radius 2 is 1.77 bits per heavy atom. The van der Waals surface area contributed by atoms with Crippen molar-refractivity contribution in [1.82, 2.24) is 10.2 Å². The third-order valence-electron chi connectivity index (χ3n) is 4.58. The summed E-state index contributed by atoms with van der Waals surface area (Å²) in [6.45, 7) is 7.62. The first-order valence-corrected chi connectivity index (χ1v) is 10.7. The number of hydrogen-bond donors (Lipinski definition) is 1. The van der Waals surface area contributed by atoms with Gasteiger partial charge in [-0.3, -0.25) is 9.59 Å². The number of carbonyl (C=O) groups is 2. The average Bonchev–Trinajstić information content (AvgIpc) is 2.70. The first-order valence-electron chi connectivity index (χ1n) is 10.3. The Labute approximate surface area is 188 Å². The van der Waals surface area contributed by atoms with E-state index in [0.717, 1.165) is 0 Å². The molecule has 0 spiro atoms. The third-order valence-corrected chi connectivity index (χ3v) is 4.83. The quantitative estimate of drug-likeness (QED) is 0.551. The zero-order valence-corrected chi connectivity index (χ0v) is 19.2. The molecule has 0 bridgehead atoms. The van der Waals surface area contributed by atoms with Crippen molar-refractivity contribution in [2.75, 3.05) is 6.61 Å². The lowest BCUT2D eigenvalue weighted by Gasteiger charge is -2.31. The van der Waals surface area contributed by atoms with Gasteiger partial charge in [0.2, 0.25) is 11.8 Å². The molecule has 7 heteroatoms. The molecule has 2 amide bonds. The first-order chi connectivity index (χ1) is 14.6. The maximum Gasteiger partial charge on any atom is 0.242 e. The van der Waals surface area contributed by atoms with Gasteiger partial charge in [-0.25, -0.2) is 4.39 Å². The molecule has 0 radical (unpaired) electrons. The third kappa shape index (κ3) is 8.21. The molecule has 1 atom stereocenters. The number of nitrogens with zero attached hydrogens (tertiary/aromatic N) is 1. The monoisotopic (exact) mass is 448 g/mol. The Kier molecular flexibility index (Phi) is 8.87. The van der Waals surface area contributed by atoms with Crippen LogP contribution in [0.2, 0.25) is 5.02 Å². The molecule has 1 unspecified atom stereocenters. The lowest BCUT2D eigenvalue weighted by Crippen LogP contribution is -2.52. The number of carbonyl (C=O) groups excluding carboxylic acids is 2. The molecular formula is C24H30ClFN2O3. The molecule has 31 heavy (non-hydrogen) atoms. The van der Waals surface area contributed by atoms with Gasteiger partial charge in [0.05, 0.1) is 6.61 Å². The van der Waals surface area contributed by atoms with Gasteiger partial charge in [-0.05, 0) is 64.4 Å². The number of hydrogen-bond acceptors (Lipinski definition) is 3. The highest BCUT2D eigenvalue weighted by Crippen LogP contribution is 2.17. The molecule has 5 nitrogen and oxygen atoms in total. The normalized spacial score (nSPS) is 12.2. The zero-order valence-electron chi connectivity index (χ0n) is 18.5. The number of rotatable bonds is 9. The van der Waals surface area contributed by atoms with E-state index in [4.69, 9.17) is 16.3 Å². The molecule has 2 aromatic rings. The van der Waals surface area contributed by atoms with Gasteiger partial charge in [0.25, 0.3) is 0 Å². The standard InChI is InChI=1S/C24H30ClFN2O3/c1-17(23(30)27-24(2,3)4)28(16-18-8-5-6-9-21(18)26)22(29)10-7-15-31-20-13-11-19(25)12-14-20/h5-6,8-9,11-14,17H,7,10,15-16H2,1-4H3,(H,27,30). The first kappa shape index (κ1) is 24.7. The van der Waals surface area contributed by atoms with Crippen molar-refractivity contribution in [3.05, 3.63) is 64.9 Å². The Balaban J connectivity index is 2.03. The van der Waals surface area contributed by atoms with E-state index in [-0.39, 0.29) is 24.8 Å². The predicted octanol–water partition coefficient (Wildman–Crippen LogP) is 4.97. The molecule has 0 fully saturated rings. The summed E-state index contributed by atoms with van der Waals surface area (Å²) in [5, 5.41) is 3.51. The maximum atomic E-state index is 14.2. The molecule has 0 saturated carbocycles. The van der Waals surface area contributed by atoms with Gasteiger partial charge < -0.3 is 15.0 Å². The molecule has 2 rings (SSSR count). The minimum absolute atomic E-state index is 0.0161. The fourth-order valence-electron chi connectivity index (χ4n) is 2.95. The van der Waals surface area contributed by atoms with E-state index >= 15 is 0 Å². The van der Waals surface area contributed by atoms with Gasteiger partial charge >= 0.3 is 0 Å². The van der Waals surface area contributed by atoms with Gasteiger partial charge in [0.1, 0.15) is 17.6 Å². The molecule has 0 aliphatic rings. The van der Waals surface area contributed by atoms with Crippen LogP contribution < -0.4 is 10.1 Å². The van der Waals surface area contributed by atoms with Gasteiger partial charge in [0, 0.05) is 29.1 Å². The van der Waals surface area contributed by atoms with Crippen LogP contribution in [-0.2, 0) is 16.1 Å². The fourth-order valence-corrected chi connectivity index (χ4v) is 3.08. The molecule has 0 aliphatic heterocycles. The van der Waals surface area contributed by atoms with E-state index < -0.39 is 17.4 Å². The molecule has 2 aromatic carbocycles. The summed E-state index contributed by atoms with van der Waals surface area (Å²) in [7, 11) is 0. The highest BCUT2D eigenvalue weighted by atomic mass is 35.5. The van der Waals surface area contributed by atoms with Crippen LogP contribution in [0.3, 0.4) is 0 Å². The van der Waals surface area contributed by atoms with E-state index in [1.807, 2.05) is 20.8 Å². The van der Waals surface area contributed by atoms with E-state index in [2.05, 4.69) is 5.32 Å². The van der Waals surface area contributed by atoms with Crippen molar-refractivity contribution in [2.24, 2.45) is 0 Å². The predicted molar refractivity (Wildman–Crippen MR) is 120 cm³/mol. The summed E-state index contributed by atoms with van der Waals surface area (Å²) in [5.74, 6) is -0.262. The summed E-state index contributed by atoms with van der Waals surface area (Å²) in [5.41, 5.74) is -0.0755. The van der Waals surface area contributed by atoms with Crippen LogP contribution >= 0.6 is 11.6 Å². The summed E-state index contributed by atoms with van der Waals surface area (Å²) >= 11 is 5.86. The van der Waals surface area contributed by atoms with Crippen molar-refractivity contribution < 1.29 is 18.7 Å². The van der Waals surface area contributed by atoms with E-state index in [1.165, 1.54) is 11.0 Å². The number of benzene rings is 2. The highest BCUT2D eigenvalue weighted by molar-refractivity contribution is 6.30. The second kappa shape index (κ2) is 11.1. The minimum atomic E-state index is -0.747. The largest absolute Gasteiger partial charge is 0.494 e. The van der Waals surface area contributed by atoms with Crippen molar-refractivity contribution in [3.8, 4) is 5.75 Å². The van der Waals surface area contributed by atoms with Crippen LogP contribution in [0.4, 0.5) is 4.39 Å². The van der Waals surface area contributed by atoms with Crippen LogP contribution in [0.25, 0.3) is 0 Å². The van der Waals surface area contributed by atoms with Crippen LogP contribution in [0.5, 0.6) is 5.75 Å². The Morgan fingerprint density at radius 3 is 2.39 bits per heavy atom. The lowest BCUT2D eigenvalue weighted by atomic mass is 10.1. The number of ether oxygens (including phenoxy) is 1. The minimum Gasteiger partial charge on any atom is -0.494 e. The van der Waals surface area contributed by atoms with E-state index in [9.17, 15) is 14.0 Å². The number of nitrogens with one attached hydrogen (secondary N) is 1. The van der Waals surface area contributed by atoms with E-state index in [0.29, 0.717) is 29.4 Å². The molecular weight excluding hydrogens is 419 g/mol. The number of halogens is 2. The van der Waals surface area contributed by atoms with Crippen LogP contribution in [0.1, 0.15) is 46.1 Å². The van der Waals surface area contributed by atoms with Crippen molar-refractivity contribution in [1.29, 1.82) is 0 Å². The fraction of sp³-hybridized carbons (Fsp3) is 0.417. The van der Waals surface area contributed by atoms with Crippen molar-refractivity contribution in [3.63, 3.8) is 0 Å². The highest BCUT2D eigenvalue weighted by Gasteiger charge is 2.28. The maximum absolute atomic E-state index is 14.2. The molecule has 168 valence electrons.